The molecule has 4 nitrogen and oxygen atoms in total. The van der Waals surface area contributed by atoms with E-state index in [9.17, 15) is 4.79 Å². The van der Waals surface area contributed by atoms with Crippen molar-refractivity contribution in [3.05, 3.63) is 70.8 Å². The molecule has 138 valence electrons. The topological polar surface area (TPSA) is 50.4 Å². The van der Waals surface area contributed by atoms with Gasteiger partial charge in [0, 0.05) is 31.5 Å². The average molecular weight is 352 g/mol. The van der Waals surface area contributed by atoms with Crippen LogP contribution < -0.4 is 10.6 Å². The highest BCUT2D eigenvalue weighted by Crippen LogP contribution is 2.33. The van der Waals surface area contributed by atoms with E-state index in [1.165, 1.54) is 22.3 Å². The zero-order valence-electron chi connectivity index (χ0n) is 15.8. The van der Waals surface area contributed by atoms with Crippen LogP contribution in [0.4, 0.5) is 4.79 Å². The van der Waals surface area contributed by atoms with Gasteiger partial charge in [-0.2, -0.15) is 0 Å². The lowest BCUT2D eigenvalue weighted by molar-refractivity contribution is 0.106. The summed E-state index contributed by atoms with van der Waals surface area (Å²) < 4.78 is 5.53. The van der Waals surface area contributed by atoms with E-state index in [1.807, 2.05) is 6.92 Å². The third-order valence-electron chi connectivity index (χ3n) is 4.99. The van der Waals surface area contributed by atoms with Crippen LogP contribution in [-0.2, 0) is 4.74 Å². The van der Waals surface area contributed by atoms with E-state index in [1.54, 1.807) is 0 Å². The Labute approximate surface area is 156 Å². The van der Waals surface area contributed by atoms with Crippen molar-refractivity contribution in [2.24, 2.45) is 0 Å². The fraction of sp³-hybridized carbons (Fsp3) is 0.409. The van der Waals surface area contributed by atoms with Gasteiger partial charge in [-0.1, -0.05) is 59.7 Å². The summed E-state index contributed by atoms with van der Waals surface area (Å²) in [5.41, 5.74) is 5.09. The summed E-state index contributed by atoms with van der Waals surface area (Å²) in [6.45, 7) is 7.37. The Kier molecular flexibility index (Phi) is 5.94. The van der Waals surface area contributed by atoms with Crippen molar-refractivity contribution < 1.29 is 9.53 Å². The molecule has 26 heavy (non-hydrogen) atoms. The average Bonchev–Trinajstić information content (AvgIpc) is 3.06. The van der Waals surface area contributed by atoms with E-state index in [2.05, 4.69) is 73.0 Å². The Bertz CT molecular complexity index is 679. The fourth-order valence-corrected chi connectivity index (χ4v) is 3.62. The monoisotopic (exact) mass is 352 g/mol. The van der Waals surface area contributed by atoms with Crippen molar-refractivity contribution in [1.82, 2.24) is 10.6 Å². The lowest BCUT2D eigenvalue weighted by atomic mass is 9.83. The number of hydrogen-bond donors (Lipinski definition) is 2. The number of nitrogens with one attached hydrogen (secondary N) is 2. The minimum Gasteiger partial charge on any atom is -0.445 e. The number of ether oxygens (including phenoxy) is 1. The van der Waals surface area contributed by atoms with Gasteiger partial charge in [-0.3, -0.25) is 0 Å². The molecule has 0 unspecified atom stereocenters. The summed E-state index contributed by atoms with van der Waals surface area (Å²) >= 11 is 0. The molecule has 2 aromatic rings. The number of carbonyl (C=O) groups is 1. The van der Waals surface area contributed by atoms with Gasteiger partial charge in [0.15, 0.2) is 0 Å². The predicted molar refractivity (Wildman–Crippen MR) is 105 cm³/mol. The maximum Gasteiger partial charge on any atom is 0.407 e. The highest BCUT2D eigenvalue weighted by atomic mass is 16.6. The van der Waals surface area contributed by atoms with Crippen molar-refractivity contribution in [3.63, 3.8) is 0 Å². The van der Waals surface area contributed by atoms with Crippen LogP contribution >= 0.6 is 0 Å². The molecule has 1 aliphatic heterocycles. The molecule has 1 heterocycles. The van der Waals surface area contributed by atoms with Gasteiger partial charge in [0.25, 0.3) is 0 Å². The molecule has 0 radical (unpaired) electrons. The fourth-order valence-electron chi connectivity index (χ4n) is 3.62. The predicted octanol–water partition coefficient (Wildman–Crippen LogP) is 3.91. The van der Waals surface area contributed by atoms with E-state index < -0.39 is 0 Å². The minimum atomic E-state index is -0.331. The molecule has 1 aliphatic rings. The van der Waals surface area contributed by atoms with E-state index in [0.29, 0.717) is 13.1 Å². The van der Waals surface area contributed by atoms with Gasteiger partial charge in [-0.15, -0.1) is 0 Å². The second-order valence-electron chi connectivity index (χ2n) is 7.11. The first-order chi connectivity index (χ1) is 12.6. The molecule has 2 N–H and O–H groups in total. The number of amides is 1. The molecule has 2 atom stereocenters. The van der Waals surface area contributed by atoms with Gasteiger partial charge in [-0.25, -0.2) is 4.79 Å². The van der Waals surface area contributed by atoms with Gasteiger partial charge in [-0.05, 0) is 31.9 Å². The highest BCUT2D eigenvalue weighted by Gasteiger charge is 2.34. The first-order valence-electron chi connectivity index (χ1n) is 9.38. The van der Waals surface area contributed by atoms with Gasteiger partial charge >= 0.3 is 6.09 Å². The van der Waals surface area contributed by atoms with Crippen molar-refractivity contribution in [1.29, 1.82) is 0 Å². The largest absolute Gasteiger partial charge is 0.445 e. The van der Waals surface area contributed by atoms with Crippen LogP contribution in [0.3, 0.4) is 0 Å². The zero-order chi connectivity index (χ0) is 18.5. The Morgan fingerprint density at radius 2 is 1.62 bits per heavy atom. The second kappa shape index (κ2) is 8.37. The van der Waals surface area contributed by atoms with Crippen LogP contribution in [0.1, 0.15) is 41.5 Å². The van der Waals surface area contributed by atoms with E-state index in [0.717, 1.165) is 6.42 Å². The summed E-state index contributed by atoms with van der Waals surface area (Å²) in [6, 6.07) is 17.7. The maximum absolute atomic E-state index is 11.7. The molecule has 1 fully saturated rings. The summed E-state index contributed by atoms with van der Waals surface area (Å²) in [4.78, 5) is 11.7. The summed E-state index contributed by atoms with van der Waals surface area (Å²) in [5, 5.41) is 6.28. The molecule has 0 spiro atoms. The Morgan fingerprint density at radius 1 is 1.08 bits per heavy atom. The zero-order valence-corrected chi connectivity index (χ0v) is 15.8. The quantitative estimate of drug-likeness (QED) is 0.858. The molecule has 1 saturated heterocycles. The minimum absolute atomic E-state index is 0.0926. The van der Waals surface area contributed by atoms with Crippen molar-refractivity contribution in [3.8, 4) is 0 Å². The first-order valence-corrected chi connectivity index (χ1v) is 9.38. The summed E-state index contributed by atoms with van der Waals surface area (Å²) in [7, 11) is 0. The van der Waals surface area contributed by atoms with E-state index in [-0.39, 0.29) is 24.2 Å². The third kappa shape index (κ3) is 4.44. The van der Waals surface area contributed by atoms with Crippen LogP contribution in [0.5, 0.6) is 0 Å². The molecule has 0 aliphatic carbocycles. The van der Waals surface area contributed by atoms with Crippen molar-refractivity contribution in [2.75, 3.05) is 13.1 Å². The second-order valence-corrected chi connectivity index (χ2v) is 7.11. The standard InChI is InChI=1S/C22H28N2O2/c1-4-23-22(25)26-19-13-20(24-14-19)21(17-9-5-15(2)6-10-17)18-11-7-16(3)8-12-18/h5-12,19-21,24H,4,13-14H2,1-3H3,(H,23,25)/t19-,20-/m1/s1. The van der Waals surface area contributed by atoms with Crippen LogP contribution in [0, 0.1) is 13.8 Å². The number of hydrogen-bond acceptors (Lipinski definition) is 3. The summed E-state index contributed by atoms with van der Waals surface area (Å²) in [6.07, 6.45) is 0.385. The molecular formula is C22H28N2O2. The molecular weight excluding hydrogens is 324 g/mol. The maximum atomic E-state index is 11.7. The van der Waals surface area contributed by atoms with Crippen LogP contribution in [0.15, 0.2) is 48.5 Å². The smallest absolute Gasteiger partial charge is 0.407 e. The Hall–Kier alpha value is -2.33. The number of carbonyl (C=O) groups excluding carboxylic acids is 1. The molecule has 2 aromatic carbocycles. The SMILES string of the molecule is CCNC(=O)O[C@H]1CN[C@@H](C(c2ccc(C)cc2)c2ccc(C)cc2)C1. The van der Waals surface area contributed by atoms with Crippen molar-refractivity contribution in [2.45, 2.75) is 45.3 Å². The lowest BCUT2D eigenvalue weighted by Crippen LogP contribution is -2.30. The Morgan fingerprint density at radius 3 is 2.12 bits per heavy atom. The number of rotatable bonds is 5. The van der Waals surface area contributed by atoms with Crippen molar-refractivity contribution >= 4 is 6.09 Å². The molecule has 1 amide bonds. The van der Waals surface area contributed by atoms with Crippen LogP contribution in [0.25, 0.3) is 0 Å². The molecule has 0 bridgehead atoms. The first kappa shape index (κ1) is 18.5. The molecule has 0 aromatic heterocycles. The van der Waals surface area contributed by atoms with E-state index >= 15 is 0 Å². The van der Waals surface area contributed by atoms with Crippen LogP contribution in [0.2, 0.25) is 0 Å². The Balaban J connectivity index is 1.81. The molecule has 4 heteroatoms. The number of benzene rings is 2. The van der Waals surface area contributed by atoms with Gasteiger partial charge in [0.2, 0.25) is 0 Å². The number of aryl methyl sites for hydroxylation is 2. The highest BCUT2D eigenvalue weighted by molar-refractivity contribution is 5.67. The normalized spacial score (nSPS) is 19.5. The van der Waals surface area contributed by atoms with Gasteiger partial charge in [0.1, 0.15) is 6.10 Å². The number of alkyl carbamates (subject to hydrolysis) is 1. The van der Waals surface area contributed by atoms with Crippen LogP contribution in [-0.4, -0.2) is 31.3 Å². The van der Waals surface area contributed by atoms with Gasteiger partial charge < -0.3 is 15.4 Å². The summed E-state index contributed by atoms with van der Waals surface area (Å²) in [5.74, 6) is 0.235. The molecule has 0 saturated carbocycles. The third-order valence-corrected chi connectivity index (χ3v) is 4.99. The molecule has 3 rings (SSSR count). The van der Waals surface area contributed by atoms with Gasteiger partial charge in [0.05, 0.1) is 0 Å². The lowest BCUT2D eigenvalue weighted by Gasteiger charge is -2.25. The van der Waals surface area contributed by atoms with E-state index in [4.69, 9.17) is 4.74 Å².